The lowest BCUT2D eigenvalue weighted by atomic mass is 10.1. The average Bonchev–Trinajstić information content (AvgIpc) is 2.09. The molecule has 0 saturated heterocycles. The van der Waals surface area contributed by atoms with E-state index in [1.165, 1.54) is 0 Å². The number of benzene rings is 1. The highest BCUT2D eigenvalue weighted by atomic mass is 19.4. The van der Waals surface area contributed by atoms with Crippen molar-refractivity contribution < 1.29 is 17.9 Å². The van der Waals surface area contributed by atoms with Crippen LogP contribution in [0.15, 0.2) is 12.1 Å². The van der Waals surface area contributed by atoms with Crippen LogP contribution in [-0.2, 0) is 6.18 Å². The number of hydrogen-bond donors (Lipinski definition) is 2. The number of ether oxygens (including phenoxy) is 1. The van der Waals surface area contributed by atoms with E-state index in [4.69, 9.17) is 16.2 Å². The van der Waals surface area contributed by atoms with Crippen molar-refractivity contribution in [2.45, 2.75) is 13.1 Å². The molecule has 0 radical (unpaired) electrons. The SMILES string of the molecule is CCOc1c(N)cc(C(F)(F)F)cc1N. The molecule has 0 amide bonds. The van der Waals surface area contributed by atoms with Gasteiger partial charge in [-0.2, -0.15) is 13.2 Å². The molecule has 0 aromatic heterocycles. The fourth-order valence-electron chi connectivity index (χ4n) is 1.15. The van der Waals surface area contributed by atoms with Crippen LogP contribution in [0.2, 0.25) is 0 Å². The highest BCUT2D eigenvalue weighted by Crippen LogP contribution is 2.37. The Kier molecular flexibility index (Phi) is 2.97. The summed E-state index contributed by atoms with van der Waals surface area (Å²) in [6.45, 7) is 1.98. The van der Waals surface area contributed by atoms with Gasteiger partial charge in [0.15, 0.2) is 5.75 Å². The molecule has 0 saturated carbocycles. The van der Waals surface area contributed by atoms with Gasteiger partial charge in [0.05, 0.1) is 23.5 Å². The average molecular weight is 220 g/mol. The van der Waals surface area contributed by atoms with E-state index in [2.05, 4.69) is 0 Å². The second-order valence-corrected chi connectivity index (χ2v) is 2.91. The van der Waals surface area contributed by atoms with Crippen LogP contribution in [0, 0.1) is 0 Å². The molecular formula is C9H11F3N2O. The number of nitrogen functional groups attached to an aromatic ring is 2. The lowest BCUT2D eigenvalue weighted by Gasteiger charge is -2.13. The van der Waals surface area contributed by atoms with Crippen molar-refractivity contribution >= 4 is 11.4 Å². The van der Waals surface area contributed by atoms with Crippen LogP contribution in [0.25, 0.3) is 0 Å². The minimum absolute atomic E-state index is 0.102. The molecule has 0 aliphatic heterocycles. The highest BCUT2D eigenvalue weighted by molar-refractivity contribution is 5.69. The van der Waals surface area contributed by atoms with E-state index in [0.717, 1.165) is 12.1 Å². The van der Waals surface area contributed by atoms with Gasteiger partial charge < -0.3 is 16.2 Å². The quantitative estimate of drug-likeness (QED) is 0.751. The van der Waals surface area contributed by atoms with Crippen LogP contribution in [0.1, 0.15) is 12.5 Å². The van der Waals surface area contributed by atoms with Gasteiger partial charge in [-0.1, -0.05) is 0 Å². The molecule has 4 N–H and O–H groups in total. The second kappa shape index (κ2) is 3.88. The van der Waals surface area contributed by atoms with Crippen LogP contribution in [0.5, 0.6) is 5.75 Å². The number of halogens is 3. The van der Waals surface area contributed by atoms with Crippen molar-refractivity contribution in [3.8, 4) is 5.75 Å². The Hall–Kier alpha value is -1.59. The maximum Gasteiger partial charge on any atom is 0.416 e. The van der Waals surface area contributed by atoms with Gasteiger partial charge in [-0.15, -0.1) is 0 Å². The molecule has 0 atom stereocenters. The molecule has 0 spiro atoms. The van der Waals surface area contributed by atoms with E-state index in [9.17, 15) is 13.2 Å². The zero-order valence-electron chi connectivity index (χ0n) is 8.06. The Bertz CT molecular complexity index is 340. The van der Waals surface area contributed by atoms with Gasteiger partial charge in [0.25, 0.3) is 0 Å². The Morgan fingerprint density at radius 1 is 1.20 bits per heavy atom. The summed E-state index contributed by atoms with van der Waals surface area (Å²) in [7, 11) is 0. The van der Waals surface area contributed by atoms with Gasteiger partial charge in [-0.3, -0.25) is 0 Å². The van der Waals surface area contributed by atoms with Gasteiger partial charge in [0.2, 0.25) is 0 Å². The second-order valence-electron chi connectivity index (χ2n) is 2.91. The van der Waals surface area contributed by atoms with Crippen LogP contribution in [0.4, 0.5) is 24.5 Å². The van der Waals surface area contributed by atoms with Crippen LogP contribution in [-0.4, -0.2) is 6.61 Å². The molecule has 0 fully saturated rings. The molecule has 84 valence electrons. The first kappa shape index (κ1) is 11.5. The summed E-state index contributed by atoms with van der Waals surface area (Å²) >= 11 is 0. The molecule has 3 nitrogen and oxygen atoms in total. The molecule has 1 rings (SSSR count). The minimum Gasteiger partial charge on any atom is -0.490 e. The van der Waals surface area contributed by atoms with Crippen molar-refractivity contribution in [2.75, 3.05) is 18.1 Å². The summed E-state index contributed by atoms with van der Waals surface area (Å²) in [5.74, 6) is 0.102. The highest BCUT2D eigenvalue weighted by Gasteiger charge is 2.31. The third-order valence-electron chi connectivity index (χ3n) is 1.76. The van der Waals surface area contributed by atoms with Crippen molar-refractivity contribution in [1.29, 1.82) is 0 Å². The van der Waals surface area contributed by atoms with E-state index in [1.807, 2.05) is 0 Å². The van der Waals surface area contributed by atoms with Crippen LogP contribution >= 0.6 is 0 Å². The standard InChI is InChI=1S/C9H11F3N2O/c1-2-15-8-6(13)3-5(4-7(8)14)9(10,11)12/h3-4H,2,13-14H2,1H3. The topological polar surface area (TPSA) is 61.3 Å². The predicted octanol–water partition coefficient (Wildman–Crippen LogP) is 2.27. The van der Waals surface area contributed by atoms with Crippen molar-refractivity contribution in [1.82, 2.24) is 0 Å². The van der Waals surface area contributed by atoms with Crippen molar-refractivity contribution in [3.63, 3.8) is 0 Å². The van der Waals surface area contributed by atoms with Gasteiger partial charge in [0, 0.05) is 0 Å². The molecule has 1 aromatic rings. The lowest BCUT2D eigenvalue weighted by Crippen LogP contribution is -2.09. The summed E-state index contributed by atoms with van der Waals surface area (Å²) in [5, 5.41) is 0. The van der Waals surface area contributed by atoms with Gasteiger partial charge in [-0.25, -0.2) is 0 Å². The summed E-state index contributed by atoms with van der Waals surface area (Å²) in [4.78, 5) is 0. The third-order valence-corrected chi connectivity index (χ3v) is 1.76. The first-order chi connectivity index (χ1) is 6.86. The molecular weight excluding hydrogens is 209 g/mol. The fourth-order valence-corrected chi connectivity index (χ4v) is 1.15. The number of anilines is 2. The molecule has 0 heterocycles. The van der Waals surface area contributed by atoms with E-state index in [-0.39, 0.29) is 17.1 Å². The number of nitrogens with two attached hydrogens (primary N) is 2. The number of rotatable bonds is 2. The molecule has 1 aromatic carbocycles. The molecule has 0 bridgehead atoms. The fraction of sp³-hybridized carbons (Fsp3) is 0.333. The van der Waals surface area contributed by atoms with E-state index in [1.54, 1.807) is 6.92 Å². The zero-order valence-corrected chi connectivity index (χ0v) is 8.06. The Morgan fingerprint density at radius 2 is 1.67 bits per heavy atom. The van der Waals surface area contributed by atoms with Gasteiger partial charge in [0.1, 0.15) is 0 Å². The Balaban J connectivity index is 3.19. The maximum atomic E-state index is 12.3. The van der Waals surface area contributed by atoms with Gasteiger partial charge in [-0.05, 0) is 19.1 Å². The lowest BCUT2D eigenvalue weighted by molar-refractivity contribution is -0.137. The Labute approximate surface area is 84.8 Å². The number of hydrogen-bond acceptors (Lipinski definition) is 3. The van der Waals surface area contributed by atoms with Crippen LogP contribution in [0.3, 0.4) is 0 Å². The first-order valence-corrected chi connectivity index (χ1v) is 4.25. The van der Waals surface area contributed by atoms with Crippen LogP contribution < -0.4 is 16.2 Å². The maximum absolute atomic E-state index is 12.3. The van der Waals surface area contributed by atoms with E-state index < -0.39 is 11.7 Å². The Morgan fingerprint density at radius 3 is 2.00 bits per heavy atom. The summed E-state index contributed by atoms with van der Waals surface area (Å²) in [5.41, 5.74) is 9.71. The summed E-state index contributed by atoms with van der Waals surface area (Å²) in [6, 6.07) is 1.61. The smallest absolute Gasteiger partial charge is 0.416 e. The molecule has 6 heteroatoms. The molecule has 15 heavy (non-hydrogen) atoms. The summed E-state index contributed by atoms with van der Waals surface area (Å²) in [6.07, 6.45) is -4.45. The molecule has 0 aliphatic carbocycles. The monoisotopic (exact) mass is 220 g/mol. The van der Waals surface area contributed by atoms with Crippen molar-refractivity contribution in [3.05, 3.63) is 17.7 Å². The third kappa shape index (κ3) is 2.45. The molecule has 0 aliphatic rings. The van der Waals surface area contributed by atoms with Crippen molar-refractivity contribution in [2.24, 2.45) is 0 Å². The number of alkyl halides is 3. The predicted molar refractivity (Wildman–Crippen MR) is 51.4 cm³/mol. The summed E-state index contributed by atoms with van der Waals surface area (Å²) < 4.78 is 42.0. The minimum atomic E-state index is -4.45. The van der Waals surface area contributed by atoms with E-state index in [0.29, 0.717) is 6.61 Å². The van der Waals surface area contributed by atoms with E-state index >= 15 is 0 Å². The first-order valence-electron chi connectivity index (χ1n) is 4.25. The zero-order chi connectivity index (χ0) is 11.6. The normalized spacial score (nSPS) is 11.5. The molecule has 0 unspecified atom stereocenters. The largest absolute Gasteiger partial charge is 0.490 e. The van der Waals surface area contributed by atoms with Gasteiger partial charge >= 0.3 is 6.18 Å².